The number of rotatable bonds is 8. The molecule has 28 heavy (non-hydrogen) atoms. The summed E-state index contributed by atoms with van der Waals surface area (Å²) in [6.07, 6.45) is 1.85. The molecule has 0 spiro atoms. The van der Waals surface area contributed by atoms with Crippen molar-refractivity contribution in [1.29, 1.82) is 0 Å². The number of nitrogens with zero attached hydrogens (tertiary/aromatic N) is 1. The molecule has 0 radical (unpaired) electrons. The Bertz CT molecular complexity index is 791. The summed E-state index contributed by atoms with van der Waals surface area (Å²) >= 11 is 1.68. The van der Waals surface area contributed by atoms with Crippen LogP contribution in [0.1, 0.15) is 22.9 Å². The minimum absolute atomic E-state index is 0.0257. The lowest BCUT2D eigenvalue weighted by molar-refractivity contribution is -0.858. The third-order valence-corrected chi connectivity index (χ3v) is 5.95. The summed E-state index contributed by atoms with van der Waals surface area (Å²) in [6.45, 7) is 2.79. The van der Waals surface area contributed by atoms with Crippen molar-refractivity contribution >= 4 is 28.8 Å². The standard InChI is InChI=1S/C21H28N4O2S/c1-24(2)12-6-11-22-20(26)21(27)23-15-18(19-9-5-14-28-19)25-13-10-16-7-3-4-8-17(16)25/h3-5,7-9,14,18H,6,10-13,15H2,1-2H3,(H,22,26)(H,23,27)/p+1/t18-/m1/s1. The smallest absolute Gasteiger partial charge is 0.309 e. The average Bonchev–Trinajstić information content (AvgIpc) is 3.36. The number of carbonyl (C=O) groups excluding carboxylic acids is 2. The topological polar surface area (TPSA) is 65.9 Å². The Balaban J connectivity index is 1.59. The molecule has 6 nitrogen and oxygen atoms in total. The fourth-order valence-electron chi connectivity index (χ4n) is 3.53. The second kappa shape index (κ2) is 9.71. The van der Waals surface area contributed by atoms with Crippen molar-refractivity contribution in [2.24, 2.45) is 0 Å². The third kappa shape index (κ3) is 5.11. The third-order valence-electron chi connectivity index (χ3n) is 4.97. The van der Waals surface area contributed by atoms with Gasteiger partial charge in [0.15, 0.2) is 0 Å². The molecule has 150 valence electrons. The van der Waals surface area contributed by atoms with Gasteiger partial charge in [-0.1, -0.05) is 24.3 Å². The van der Waals surface area contributed by atoms with Crippen molar-refractivity contribution in [3.63, 3.8) is 0 Å². The van der Waals surface area contributed by atoms with Gasteiger partial charge in [0, 0.05) is 36.6 Å². The predicted molar refractivity (Wildman–Crippen MR) is 113 cm³/mol. The Morgan fingerprint density at radius 3 is 2.68 bits per heavy atom. The number of carbonyl (C=O) groups is 2. The zero-order valence-electron chi connectivity index (χ0n) is 16.5. The van der Waals surface area contributed by atoms with Gasteiger partial charge < -0.3 is 20.4 Å². The van der Waals surface area contributed by atoms with E-state index in [0.717, 1.165) is 25.9 Å². The molecule has 0 fully saturated rings. The fourth-order valence-corrected chi connectivity index (χ4v) is 4.37. The van der Waals surface area contributed by atoms with Gasteiger partial charge in [-0.25, -0.2) is 0 Å². The number of benzene rings is 1. The van der Waals surface area contributed by atoms with Gasteiger partial charge in [0.25, 0.3) is 0 Å². The first-order valence-electron chi connectivity index (χ1n) is 9.79. The molecule has 0 bridgehead atoms. The molecule has 0 unspecified atom stereocenters. The second-order valence-electron chi connectivity index (χ2n) is 7.38. The van der Waals surface area contributed by atoms with E-state index in [2.05, 4.69) is 53.9 Å². The lowest BCUT2D eigenvalue weighted by atomic mass is 10.1. The van der Waals surface area contributed by atoms with Crippen LogP contribution in [0.5, 0.6) is 0 Å². The van der Waals surface area contributed by atoms with E-state index in [-0.39, 0.29) is 6.04 Å². The highest BCUT2D eigenvalue weighted by atomic mass is 32.1. The number of hydrogen-bond donors (Lipinski definition) is 3. The number of anilines is 1. The largest absolute Gasteiger partial charge is 0.361 e. The van der Waals surface area contributed by atoms with E-state index in [9.17, 15) is 9.59 Å². The molecule has 1 aromatic heterocycles. The number of thiophene rings is 1. The van der Waals surface area contributed by atoms with E-state index in [0.29, 0.717) is 13.1 Å². The number of fused-ring (bicyclic) bond motifs is 1. The molecule has 1 aliphatic rings. The van der Waals surface area contributed by atoms with Crippen LogP contribution >= 0.6 is 11.3 Å². The van der Waals surface area contributed by atoms with Gasteiger partial charge in [0.2, 0.25) is 0 Å². The van der Waals surface area contributed by atoms with Gasteiger partial charge in [0.05, 0.1) is 26.7 Å². The first-order valence-corrected chi connectivity index (χ1v) is 10.7. The van der Waals surface area contributed by atoms with Gasteiger partial charge in [-0.05, 0) is 29.5 Å². The van der Waals surface area contributed by atoms with Crippen LogP contribution in [0.3, 0.4) is 0 Å². The SMILES string of the molecule is C[NH+](C)CCCNC(=O)C(=O)NC[C@H](c1cccs1)N1CCc2ccccc21. The number of amides is 2. The monoisotopic (exact) mass is 401 g/mol. The van der Waals surface area contributed by atoms with Crippen molar-refractivity contribution in [3.8, 4) is 0 Å². The van der Waals surface area contributed by atoms with Crippen LogP contribution in [-0.4, -0.2) is 52.1 Å². The molecule has 7 heteroatoms. The van der Waals surface area contributed by atoms with Crippen LogP contribution in [0.2, 0.25) is 0 Å². The molecular weight excluding hydrogens is 372 g/mol. The molecule has 3 N–H and O–H groups in total. The van der Waals surface area contributed by atoms with E-state index in [4.69, 9.17) is 0 Å². The van der Waals surface area contributed by atoms with Crippen LogP contribution in [0.4, 0.5) is 5.69 Å². The zero-order valence-corrected chi connectivity index (χ0v) is 17.3. The maximum absolute atomic E-state index is 12.3. The Kier molecular flexibility index (Phi) is 7.06. The average molecular weight is 402 g/mol. The van der Waals surface area contributed by atoms with Gasteiger partial charge in [-0.15, -0.1) is 11.3 Å². The number of hydrogen-bond acceptors (Lipinski definition) is 4. The van der Waals surface area contributed by atoms with E-state index in [1.54, 1.807) is 11.3 Å². The molecule has 2 amide bonds. The Hall–Kier alpha value is -2.38. The van der Waals surface area contributed by atoms with Crippen LogP contribution in [-0.2, 0) is 16.0 Å². The molecule has 2 heterocycles. The normalized spacial score (nSPS) is 14.0. The maximum atomic E-state index is 12.3. The molecular formula is C21H29N4O2S+. The summed E-state index contributed by atoms with van der Waals surface area (Å²) in [4.78, 5) is 29.2. The maximum Gasteiger partial charge on any atom is 0.309 e. The first-order chi connectivity index (χ1) is 13.6. The van der Waals surface area contributed by atoms with Crippen molar-refractivity contribution in [1.82, 2.24) is 10.6 Å². The minimum atomic E-state index is -0.564. The molecule has 1 aromatic carbocycles. The lowest BCUT2D eigenvalue weighted by Crippen LogP contribution is -3.05. The molecule has 3 rings (SSSR count). The quantitative estimate of drug-likeness (QED) is 0.449. The lowest BCUT2D eigenvalue weighted by Gasteiger charge is -2.30. The number of quaternary nitrogens is 1. The molecule has 1 aliphatic heterocycles. The highest BCUT2D eigenvalue weighted by Crippen LogP contribution is 2.36. The van der Waals surface area contributed by atoms with Gasteiger partial charge in [-0.2, -0.15) is 0 Å². The zero-order chi connectivity index (χ0) is 19.9. The Morgan fingerprint density at radius 2 is 1.93 bits per heavy atom. The summed E-state index contributed by atoms with van der Waals surface area (Å²) in [5, 5.41) is 7.59. The van der Waals surface area contributed by atoms with Crippen LogP contribution in [0, 0.1) is 0 Å². The number of nitrogens with one attached hydrogen (secondary N) is 3. The van der Waals surface area contributed by atoms with Gasteiger partial charge >= 0.3 is 11.8 Å². The fraction of sp³-hybridized carbons (Fsp3) is 0.429. The minimum Gasteiger partial charge on any atom is -0.361 e. The highest BCUT2D eigenvalue weighted by Gasteiger charge is 2.28. The molecule has 0 saturated heterocycles. The van der Waals surface area contributed by atoms with E-state index >= 15 is 0 Å². The first kappa shape index (κ1) is 20.4. The molecule has 0 aliphatic carbocycles. The van der Waals surface area contributed by atoms with Crippen LogP contribution in [0.15, 0.2) is 41.8 Å². The predicted octanol–water partition coefficient (Wildman–Crippen LogP) is 0.619. The summed E-state index contributed by atoms with van der Waals surface area (Å²) in [5.41, 5.74) is 2.54. The van der Waals surface area contributed by atoms with Crippen molar-refractivity contribution in [2.45, 2.75) is 18.9 Å². The summed E-state index contributed by atoms with van der Waals surface area (Å²) < 4.78 is 0. The Labute approximate surface area is 170 Å². The highest BCUT2D eigenvalue weighted by molar-refractivity contribution is 7.10. The number of para-hydroxylation sites is 1. The van der Waals surface area contributed by atoms with E-state index in [1.807, 2.05) is 17.5 Å². The molecule has 1 atom stereocenters. The van der Waals surface area contributed by atoms with E-state index in [1.165, 1.54) is 21.0 Å². The van der Waals surface area contributed by atoms with Gasteiger partial charge in [0.1, 0.15) is 0 Å². The summed E-state index contributed by atoms with van der Waals surface area (Å²) in [7, 11) is 4.13. The van der Waals surface area contributed by atoms with Gasteiger partial charge in [-0.3, -0.25) is 9.59 Å². The Morgan fingerprint density at radius 1 is 1.14 bits per heavy atom. The summed E-state index contributed by atoms with van der Waals surface area (Å²) in [5.74, 6) is -1.12. The van der Waals surface area contributed by atoms with Crippen molar-refractivity contribution < 1.29 is 14.5 Å². The van der Waals surface area contributed by atoms with Crippen molar-refractivity contribution in [3.05, 3.63) is 52.2 Å². The van der Waals surface area contributed by atoms with Crippen molar-refractivity contribution in [2.75, 3.05) is 45.2 Å². The van der Waals surface area contributed by atoms with Crippen LogP contribution in [0.25, 0.3) is 0 Å². The molecule has 2 aromatic rings. The van der Waals surface area contributed by atoms with Crippen LogP contribution < -0.4 is 20.4 Å². The second-order valence-corrected chi connectivity index (χ2v) is 8.36. The summed E-state index contributed by atoms with van der Waals surface area (Å²) in [6, 6.07) is 12.5. The van der Waals surface area contributed by atoms with E-state index < -0.39 is 11.8 Å². The molecule has 0 saturated carbocycles.